The Hall–Kier alpha value is -2.34. The Morgan fingerprint density at radius 2 is 2.21 bits per heavy atom. The van der Waals surface area contributed by atoms with Crippen LogP contribution in [-0.2, 0) is 0 Å². The molecule has 0 spiro atoms. The third kappa shape index (κ3) is 2.57. The third-order valence-electron chi connectivity index (χ3n) is 5.25. The van der Waals surface area contributed by atoms with Gasteiger partial charge in [0.2, 0.25) is 0 Å². The Morgan fingerprint density at radius 1 is 1.38 bits per heavy atom. The molecule has 1 unspecified atom stereocenters. The predicted molar refractivity (Wildman–Crippen MR) is 94.1 cm³/mol. The first-order chi connectivity index (χ1) is 11.8. The molecule has 3 aliphatic heterocycles. The lowest BCUT2D eigenvalue weighted by Gasteiger charge is -2.45. The smallest absolute Gasteiger partial charge is 0.121 e. The second-order valence-corrected chi connectivity index (χ2v) is 6.48. The average Bonchev–Trinajstić information content (AvgIpc) is 2.66. The number of pyridine rings is 1. The molecule has 0 amide bonds. The average molecular weight is 326 g/mol. The molecule has 3 saturated heterocycles. The maximum absolute atomic E-state index is 9.44. The first kappa shape index (κ1) is 15.2. The highest BCUT2D eigenvalue weighted by molar-refractivity contribution is 5.94. The summed E-state index contributed by atoms with van der Waals surface area (Å²) in [6.07, 6.45) is 3.99. The van der Waals surface area contributed by atoms with Gasteiger partial charge in [0, 0.05) is 30.1 Å². The largest absolute Gasteiger partial charge is 0.497 e. The van der Waals surface area contributed by atoms with Crippen LogP contribution in [0, 0.1) is 5.92 Å². The van der Waals surface area contributed by atoms with Gasteiger partial charge in [0.25, 0.3) is 0 Å². The van der Waals surface area contributed by atoms with E-state index in [1.807, 2.05) is 24.3 Å². The molecule has 2 bridgehead atoms. The maximum Gasteiger partial charge on any atom is 0.121 e. The SMILES string of the molecule is COc1cc(NCC2/C(=N\O)C3CCN2CC3)c2ncccc2c1. The summed E-state index contributed by atoms with van der Waals surface area (Å²) in [7, 11) is 1.67. The number of hydrogen-bond donors (Lipinski definition) is 2. The zero-order valence-electron chi connectivity index (χ0n) is 13.8. The highest BCUT2D eigenvalue weighted by Crippen LogP contribution is 2.32. The monoisotopic (exact) mass is 326 g/mol. The molecule has 1 aromatic heterocycles. The molecule has 5 rings (SSSR count). The normalized spacial score (nSPS) is 27.5. The summed E-state index contributed by atoms with van der Waals surface area (Å²) in [5.41, 5.74) is 2.79. The molecule has 0 radical (unpaired) electrons. The number of benzene rings is 1. The molecule has 6 heteroatoms. The lowest BCUT2D eigenvalue weighted by molar-refractivity contribution is 0.143. The summed E-state index contributed by atoms with van der Waals surface area (Å²) >= 11 is 0. The zero-order valence-corrected chi connectivity index (χ0v) is 13.8. The van der Waals surface area contributed by atoms with Gasteiger partial charge in [0.1, 0.15) is 5.75 Å². The van der Waals surface area contributed by atoms with Crippen LogP contribution in [0.4, 0.5) is 5.69 Å². The maximum atomic E-state index is 9.44. The minimum Gasteiger partial charge on any atom is -0.497 e. The standard InChI is InChI=1S/C18H22N4O2/c1-24-14-9-13-3-2-6-19-17(13)15(10-14)20-11-16-18(21-23)12-4-7-22(16)8-5-12/h2-3,6,9-10,12,16,20,23H,4-5,7-8,11H2,1H3/b21-18-. The molecule has 2 aromatic rings. The van der Waals surface area contributed by atoms with E-state index >= 15 is 0 Å². The number of nitrogens with zero attached hydrogens (tertiary/aromatic N) is 3. The predicted octanol–water partition coefficient (Wildman–Crippen LogP) is 2.58. The van der Waals surface area contributed by atoms with E-state index in [1.54, 1.807) is 13.3 Å². The van der Waals surface area contributed by atoms with Crippen molar-refractivity contribution in [2.75, 3.05) is 32.1 Å². The van der Waals surface area contributed by atoms with Crippen LogP contribution < -0.4 is 10.1 Å². The zero-order chi connectivity index (χ0) is 16.5. The van der Waals surface area contributed by atoms with Gasteiger partial charge in [-0.1, -0.05) is 11.2 Å². The van der Waals surface area contributed by atoms with Gasteiger partial charge in [-0.25, -0.2) is 0 Å². The topological polar surface area (TPSA) is 70.0 Å². The van der Waals surface area contributed by atoms with E-state index in [9.17, 15) is 5.21 Å². The number of methoxy groups -OCH3 is 1. The summed E-state index contributed by atoms with van der Waals surface area (Å²) < 4.78 is 5.40. The number of ether oxygens (including phenoxy) is 1. The number of nitrogens with one attached hydrogen (secondary N) is 1. The Kier molecular flexibility index (Phi) is 3.98. The number of anilines is 1. The number of oxime groups is 1. The second kappa shape index (κ2) is 6.28. The number of piperidine rings is 3. The van der Waals surface area contributed by atoms with Crippen LogP contribution in [0.3, 0.4) is 0 Å². The van der Waals surface area contributed by atoms with Crippen molar-refractivity contribution in [3.8, 4) is 5.75 Å². The van der Waals surface area contributed by atoms with E-state index < -0.39 is 0 Å². The molecule has 1 aromatic carbocycles. The van der Waals surface area contributed by atoms with Crippen molar-refractivity contribution >= 4 is 22.3 Å². The highest BCUT2D eigenvalue weighted by atomic mass is 16.5. The summed E-state index contributed by atoms with van der Waals surface area (Å²) in [6, 6.07) is 8.06. The van der Waals surface area contributed by atoms with E-state index in [0.29, 0.717) is 12.5 Å². The van der Waals surface area contributed by atoms with Crippen molar-refractivity contribution in [1.29, 1.82) is 0 Å². The Labute approximate surface area is 141 Å². The van der Waals surface area contributed by atoms with Gasteiger partial charge < -0.3 is 15.3 Å². The molecule has 126 valence electrons. The van der Waals surface area contributed by atoms with E-state index in [-0.39, 0.29) is 6.04 Å². The molecule has 3 fully saturated rings. The van der Waals surface area contributed by atoms with E-state index in [4.69, 9.17) is 4.74 Å². The summed E-state index contributed by atoms with van der Waals surface area (Å²) in [5, 5.41) is 17.6. The van der Waals surface area contributed by atoms with Crippen LogP contribution >= 0.6 is 0 Å². The molecule has 2 N–H and O–H groups in total. The second-order valence-electron chi connectivity index (χ2n) is 6.48. The van der Waals surface area contributed by atoms with Crippen molar-refractivity contribution in [2.45, 2.75) is 18.9 Å². The van der Waals surface area contributed by atoms with Gasteiger partial charge >= 0.3 is 0 Å². The van der Waals surface area contributed by atoms with Gasteiger partial charge in [0.15, 0.2) is 0 Å². The summed E-state index contributed by atoms with van der Waals surface area (Å²) in [4.78, 5) is 6.90. The van der Waals surface area contributed by atoms with Gasteiger partial charge in [-0.05, 0) is 38.1 Å². The Morgan fingerprint density at radius 3 is 2.96 bits per heavy atom. The van der Waals surface area contributed by atoms with Crippen molar-refractivity contribution < 1.29 is 9.94 Å². The van der Waals surface area contributed by atoms with Gasteiger partial charge in [-0.3, -0.25) is 9.88 Å². The van der Waals surface area contributed by atoms with Crippen LogP contribution in [0.2, 0.25) is 0 Å². The number of rotatable bonds is 4. The van der Waals surface area contributed by atoms with Crippen LogP contribution in [0.25, 0.3) is 10.9 Å². The van der Waals surface area contributed by atoms with Crippen LogP contribution in [0.5, 0.6) is 5.75 Å². The van der Waals surface area contributed by atoms with Crippen molar-refractivity contribution in [1.82, 2.24) is 9.88 Å². The first-order valence-electron chi connectivity index (χ1n) is 8.42. The fourth-order valence-corrected chi connectivity index (χ4v) is 3.97. The molecule has 0 aliphatic carbocycles. The molecule has 6 nitrogen and oxygen atoms in total. The van der Waals surface area contributed by atoms with E-state index in [1.165, 1.54) is 0 Å². The highest BCUT2D eigenvalue weighted by Gasteiger charge is 2.39. The van der Waals surface area contributed by atoms with Crippen molar-refractivity contribution in [3.63, 3.8) is 0 Å². The lowest BCUT2D eigenvalue weighted by atomic mass is 9.81. The van der Waals surface area contributed by atoms with Gasteiger partial charge in [0.05, 0.1) is 30.1 Å². The summed E-state index contributed by atoms with van der Waals surface area (Å²) in [6.45, 7) is 2.86. The van der Waals surface area contributed by atoms with E-state index in [2.05, 4.69) is 20.4 Å². The van der Waals surface area contributed by atoms with Gasteiger partial charge in [-0.2, -0.15) is 0 Å². The third-order valence-corrected chi connectivity index (χ3v) is 5.25. The number of aromatic nitrogens is 1. The molecule has 4 heterocycles. The molecular weight excluding hydrogens is 304 g/mol. The molecule has 0 saturated carbocycles. The molecular formula is C18H22N4O2. The minimum absolute atomic E-state index is 0.146. The van der Waals surface area contributed by atoms with Crippen molar-refractivity contribution in [2.24, 2.45) is 11.1 Å². The fraction of sp³-hybridized carbons (Fsp3) is 0.444. The van der Waals surface area contributed by atoms with Crippen LogP contribution in [0.1, 0.15) is 12.8 Å². The Balaban J connectivity index is 1.60. The first-order valence-corrected chi connectivity index (χ1v) is 8.42. The number of fused-ring (bicyclic) bond motifs is 4. The molecule has 3 aliphatic rings. The lowest BCUT2D eigenvalue weighted by Crippen LogP contribution is -2.57. The van der Waals surface area contributed by atoms with E-state index in [0.717, 1.165) is 54.0 Å². The van der Waals surface area contributed by atoms with Crippen LogP contribution in [-0.4, -0.2) is 53.6 Å². The fourth-order valence-electron chi connectivity index (χ4n) is 3.97. The molecule has 24 heavy (non-hydrogen) atoms. The van der Waals surface area contributed by atoms with Crippen LogP contribution in [0.15, 0.2) is 35.6 Å². The number of hydrogen-bond acceptors (Lipinski definition) is 6. The van der Waals surface area contributed by atoms with Gasteiger partial charge in [-0.15, -0.1) is 0 Å². The molecule has 1 atom stereocenters. The van der Waals surface area contributed by atoms with Crippen molar-refractivity contribution in [3.05, 3.63) is 30.5 Å². The summed E-state index contributed by atoms with van der Waals surface area (Å²) in [5.74, 6) is 1.23. The quantitative estimate of drug-likeness (QED) is 0.667. The Bertz CT molecular complexity index is 769. The minimum atomic E-state index is 0.146.